The summed E-state index contributed by atoms with van der Waals surface area (Å²) in [5, 5.41) is 2.41. The van der Waals surface area contributed by atoms with Gasteiger partial charge in [-0.3, -0.25) is 4.79 Å². The van der Waals surface area contributed by atoms with E-state index in [1.165, 1.54) is 36.4 Å². The summed E-state index contributed by atoms with van der Waals surface area (Å²) in [6.45, 7) is -0.185. The van der Waals surface area contributed by atoms with Gasteiger partial charge in [0.25, 0.3) is 5.91 Å². The zero-order valence-corrected chi connectivity index (χ0v) is 12.9. The zero-order chi connectivity index (χ0) is 18.3. The van der Waals surface area contributed by atoms with Crippen molar-refractivity contribution in [3.05, 3.63) is 65.5 Å². The van der Waals surface area contributed by atoms with E-state index in [1.807, 2.05) is 0 Å². The van der Waals surface area contributed by atoms with Gasteiger partial charge in [0.2, 0.25) is 0 Å². The molecular weight excluding hydrogens is 338 g/mol. The predicted octanol–water partition coefficient (Wildman–Crippen LogP) is 3.66. The van der Waals surface area contributed by atoms with Gasteiger partial charge in [0, 0.05) is 0 Å². The van der Waals surface area contributed by atoms with Gasteiger partial charge in [-0.15, -0.1) is 0 Å². The third-order valence-corrected chi connectivity index (χ3v) is 3.05. The number of hydrogen-bond donors (Lipinski definition) is 1. The lowest BCUT2D eigenvalue weighted by atomic mass is 10.2. The van der Waals surface area contributed by atoms with Crippen molar-refractivity contribution in [2.45, 2.75) is 6.18 Å². The Bertz CT molecular complexity index is 806. The number of carbonyl (C=O) groups is 1. The fraction of sp³-hybridized carbons (Fsp3) is 0.167. The second kappa shape index (κ2) is 8.20. The van der Waals surface area contributed by atoms with Gasteiger partial charge >= 0.3 is 6.18 Å². The van der Waals surface area contributed by atoms with Gasteiger partial charge in [-0.1, -0.05) is 30.0 Å². The normalized spacial score (nSPS) is 10.6. The molecule has 1 amide bonds. The van der Waals surface area contributed by atoms with Crippen LogP contribution in [0.25, 0.3) is 0 Å². The number of amides is 1. The van der Waals surface area contributed by atoms with E-state index in [0.29, 0.717) is 0 Å². The van der Waals surface area contributed by atoms with Crippen LogP contribution in [-0.4, -0.2) is 19.1 Å². The average Bonchev–Trinajstić information content (AvgIpc) is 2.57. The van der Waals surface area contributed by atoms with Crippen LogP contribution in [0.15, 0.2) is 48.5 Å². The van der Waals surface area contributed by atoms with Crippen LogP contribution in [0.4, 0.5) is 17.6 Å². The van der Waals surface area contributed by atoms with E-state index in [4.69, 9.17) is 4.74 Å². The summed E-state index contributed by atoms with van der Waals surface area (Å²) >= 11 is 0. The Morgan fingerprint density at radius 2 is 1.84 bits per heavy atom. The molecule has 3 nitrogen and oxygen atoms in total. The van der Waals surface area contributed by atoms with E-state index < -0.39 is 23.5 Å². The van der Waals surface area contributed by atoms with Crippen LogP contribution in [0, 0.1) is 17.7 Å². The van der Waals surface area contributed by atoms with Crippen molar-refractivity contribution < 1.29 is 27.1 Å². The average molecular weight is 351 g/mol. The molecule has 0 aliphatic carbocycles. The summed E-state index contributed by atoms with van der Waals surface area (Å²) in [7, 11) is 0. The molecule has 0 fully saturated rings. The van der Waals surface area contributed by atoms with Crippen LogP contribution >= 0.6 is 0 Å². The number of hydrogen-bond acceptors (Lipinski definition) is 2. The highest BCUT2D eigenvalue weighted by molar-refractivity contribution is 5.94. The largest absolute Gasteiger partial charge is 0.481 e. The van der Waals surface area contributed by atoms with E-state index in [0.717, 1.165) is 12.1 Å². The van der Waals surface area contributed by atoms with Crippen molar-refractivity contribution in [3.8, 4) is 17.6 Å². The Morgan fingerprint density at radius 3 is 2.56 bits per heavy atom. The van der Waals surface area contributed by atoms with E-state index in [1.54, 1.807) is 0 Å². The fourth-order valence-electron chi connectivity index (χ4n) is 1.86. The molecule has 2 aromatic rings. The number of alkyl halides is 3. The van der Waals surface area contributed by atoms with Gasteiger partial charge in [-0.2, -0.15) is 13.2 Å². The SMILES string of the molecule is O=C(NCC#CCOc1cccc(C(F)(F)F)c1)c1ccccc1F. The molecule has 0 spiro atoms. The van der Waals surface area contributed by atoms with Crippen molar-refractivity contribution in [2.24, 2.45) is 0 Å². The summed E-state index contributed by atoms with van der Waals surface area (Å²) < 4.78 is 56.1. The molecule has 1 N–H and O–H groups in total. The minimum atomic E-state index is -4.44. The lowest BCUT2D eigenvalue weighted by Crippen LogP contribution is -2.24. The predicted molar refractivity (Wildman–Crippen MR) is 83.4 cm³/mol. The molecule has 0 aliphatic heterocycles. The van der Waals surface area contributed by atoms with Crippen molar-refractivity contribution in [1.29, 1.82) is 0 Å². The molecule has 0 atom stereocenters. The van der Waals surface area contributed by atoms with Crippen LogP contribution in [0.1, 0.15) is 15.9 Å². The van der Waals surface area contributed by atoms with Crippen LogP contribution < -0.4 is 10.1 Å². The van der Waals surface area contributed by atoms with Crippen LogP contribution in [0.5, 0.6) is 5.75 Å². The number of carbonyl (C=O) groups excluding carboxylic acids is 1. The third kappa shape index (κ3) is 5.53. The highest BCUT2D eigenvalue weighted by Crippen LogP contribution is 2.31. The molecule has 2 rings (SSSR count). The maximum Gasteiger partial charge on any atom is 0.416 e. The van der Waals surface area contributed by atoms with Crippen molar-refractivity contribution in [2.75, 3.05) is 13.2 Å². The molecule has 0 bridgehead atoms. The molecule has 0 saturated carbocycles. The Hall–Kier alpha value is -3.01. The Labute approximate surface area is 141 Å². The molecule has 0 heterocycles. The Kier molecular flexibility index (Phi) is 6.01. The minimum Gasteiger partial charge on any atom is -0.481 e. The first-order valence-electron chi connectivity index (χ1n) is 7.16. The molecule has 25 heavy (non-hydrogen) atoms. The van der Waals surface area contributed by atoms with E-state index in [2.05, 4.69) is 17.2 Å². The molecule has 0 radical (unpaired) electrons. The zero-order valence-electron chi connectivity index (χ0n) is 12.9. The summed E-state index contributed by atoms with van der Waals surface area (Å²) in [6, 6.07) is 9.96. The van der Waals surface area contributed by atoms with Gasteiger partial charge in [0.1, 0.15) is 18.2 Å². The Balaban J connectivity index is 1.80. The molecule has 0 saturated heterocycles. The second-order valence-electron chi connectivity index (χ2n) is 4.83. The number of halogens is 4. The van der Waals surface area contributed by atoms with Gasteiger partial charge in [-0.25, -0.2) is 4.39 Å². The van der Waals surface area contributed by atoms with Crippen LogP contribution in [-0.2, 0) is 6.18 Å². The second-order valence-corrected chi connectivity index (χ2v) is 4.83. The molecule has 2 aromatic carbocycles. The topological polar surface area (TPSA) is 38.3 Å². The van der Waals surface area contributed by atoms with Crippen LogP contribution in [0.2, 0.25) is 0 Å². The smallest absolute Gasteiger partial charge is 0.416 e. The van der Waals surface area contributed by atoms with Gasteiger partial charge in [0.05, 0.1) is 17.7 Å². The lowest BCUT2D eigenvalue weighted by Gasteiger charge is -2.08. The number of rotatable bonds is 4. The van der Waals surface area contributed by atoms with Crippen molar-refractivity contribution >= 4 is 5.91 Å². The summed E-state index contributed by atoms with van der Waals surface area (Å²) in [5.74, 6) is 3.92. The maximum absolute atomic E-state index is 13.4. The molecule has 7 heteroatoms. The number of ether oxygens (including phenoxy) is 1. The van der Waals surface area contributed by atoms with Gasteiger partial charge in [-0.05, 0) is 30.3 Å². The van der Waals surface area contributed by atoms with E-state index in [-0.39, 0.29) is 24.5 Å². The summed E-state index contributed by atoms with van der Waals surface area (Å²) in [6.07, 6.45) is -4.44. The maximum atomic E-state index is 13.4. The molecule has 0 aromatic heterocycles. The monoisotopic (exact) mass is 351 g/mol. The first kappa shape index (κ1) is 18.3. The first-order valence-corrected chi connectivity index (χ1v) is 7.16. The molecule has 130 valence electrons. The van der Waals surface area contributed by atoms with Crippen molar-refractivity contribution in [3.63, 3.8) is 0 Å². The molecule has 0 aliphatic rings. The fourth-order valence-corrected chi connectivity index (χ4v) is 1.86. The van der Waals surface area contributed by atoms with Gasteiger partial charge in [0.15, 0.2) is 0 Å². The highest BCUT2D eigenvalue weighted by Gasteiger charge is 2.30. The third-order valence-electron chi connectivity index (χ3n) is 3.05. The first-order chi connectivity index (χ1) is 11.9. The standard InChI is InChI=1S/C18H13F4NO2/c19-16-9-2-1-8-15(16)17(24)23-10-3-4-11-25-14-7-5-6-13(12-14)18(20,21)22/h1-2,5-9,12H,10-11H2,(H,23,24). The Morgan fingerprint density at radius 1 is 1.08 bits per heavy atom. The van der Waals surface area contributed by atoms with Crippen LogP contribution in [0.3, 0.4) is 0 Å². The quantitative estimate of drug-likeness (QED) is 0.674. The minimum absolute atomic E-state index is 0.0412. The molecular formula is C18H13F4NO2. The van der Waals surface area contributed by atoms with Crippen molar-refractivity contribution in [1.82, 2.24) is 5.32 Å². The van der Waals surface area contributed by atoms with Gasteiger partial charge < -0.3 is 10.1 Å². The highest BCUT2D eigenvalue weighted by atomic mass is 19.4. The number of benzene rings is 2. The summed E-state index contributed by atoms with van der Waals surface area (Å²) in [4.78, 5) is 11.7. The van der Waals surface area contributed by atoms with E-state index in [9.17, 15) is 22.4 Å². The lowest BCUT2D eigenvalue weighted by molar-refractivity contribution is -0.137. The number of nitrogens with one attached hydrogen (secondary N) is 1. The molecule has 0 unspecified atom stereocenters. The summed E-state index contributed by atoms with van der Waals surface area (Å²) in [5.41, 5.74) is -0.903. The van der Waals surface area contributed by atoms with E-state index >= 15 is 0 Å².